The number of nitrogens with one attached hydrogen (secondary N) is 2. The maximum Gasteiger partial charge on any atom is 0.416 e. The van der Waals surface area contributed by atoms with Crippen molar-refractivity contribution in [3.63, 3.8) is 0 Å². The zero-order chi connectivity index (χ0) is 22.0. The molecule has 2 N–H and O–H groups in total. The monoisotopic (exact) mass is 441 g/mol. The van der Waals surface area contributed by atoms with E-state index in [4.69, 9.17) is 0 Å². The second-order valence-corrected chi connectivity index (χ2v) is 8.94. The fourth-order valence-electron chi connectivity index (χ4n) is 2.76. The number of hydrogen-bond donors (Lipinski definition) is 2. The number of hydrogen-bond acceptors (Lipinski definition) is 3. The number of benzene rings is 2. The topological polar surface area (TPSA) is 70.6 Å². The average molecular weight is 442 g/mol. The summed E-state index contributed by atoms with van der Waals surface area (Å²) in [6.07, 6.45) is -4.00. The molecule has 0 aromatic heterocycles. The summed E-state index contributed by atoms with van der Waals surface area (Å²) in [7, 11) is -3.23. The fourth-order valence-corrected chi connectivity index (χ4v) is 4.19. The van der Waals surface area contributed by atoms with Crippen molar-refractivity contribution in [2.45, 2.75) is 31.8 Å². The normalized spacial score (nSPS) is 12.6. The quantitative estimate of drug-likeness (QED) is 0.353. The van der Waals surface area contributed by atoms with Crippen molar-refractivity contribution in [2.24, 2.45) is 4.99 Å². The molecule has 0 saturated carbocycles. The van der Waals surface area contributed by atoms with Gasteiger partial charge in [0.05, 0.1) is 23.6 Å². The molecule has 0 spiro atoms. The summed E-state index contributed by atoms with van der Waals surface area (Å²) in [6.45, 7) is 2.89. The van der Waals surface area contributed by atoms with E-state index in [1.165, 1.54) is 6.07 Å². The Hall–Kier alpha value is -2.55. The number of sulfone groups is 1. The summed E-state index contributed by atoms with van der Waals surface area (Å²) in [5.41, 5.74) is 0.477. The minimum atomic E-state index is -4.40. The molecule has 9 heteroatoms. The van der Waals surface area contributed by atoms with Crippen molar-refractivity contribution in [2.75, 3.05) is 18.8 Å². The molecule has 0 bridgehead atoms. The maximum absolute atomic E-state index is 12.8. The van der Waals surface area contributed by atoms with Crippen LogP contribution in [0.25, 0.3) is 0 Å². The van der Waals surface area contributed by atoms with Crippen LogP contribution in [0.15, 0.2) is 59.6 Å². The molecular formula is C21H26F3N3O2S. The van der Waals surface area contributed by atoms with E-state index >= 15 is 0 Å². The minimum absolute atomic E-state index is 0.00244. The molecule has 0 radical (unpaired) electrons. The molecule has 0 aliphatic heterocycles. The second-order valence-electron chi connectivity index (χ2n) is 6.75. The van der Waals surface area contributed by atoms with Gasteiger partial charge in [-0.3, -0.25) is 0 Å². The van der Waals surface area contributed by atoms with E-state index < -0.39 is 21.6 Å². The molecule has 0 saturated heterocycles. The second kappa shape index (κ2) is 11.0. The molecule has 5 nitrogen and oxygen atoms in total. The Kier molecular flexibility index (Phi) is 8.71. The highest BCUT2D eigenvalue weighted by Crippen LogP contribution is 2.29. The molecule has 0 heterocycles. The lowest BCUT2D eigenvalue weighted by Gasteiger charge is -2.12. The number of nitrogens with zero attached hydrogens (tertiary/aromatic N) is 1. The van der Waals surface area contributed by atoms with Crippen LogP contribution in [0.5, 0.6) is 0 Å². The maximum atomic E-state index is 12.8. The smallest absolute Gasteiger partial charge is 0.357 e. The zero-order valence-electron chi connectivity index (χ0n) is 16.7. The number of aliphatic imine (C=N–C) groups is 1. The highest BCUT2D eigenvalue weighted by Gasteiger charge is 2.30. The van der Waals surface area contributed by atoms with Crippen LogP contribution in [0.2, 0.25) is 0 Å². The number of guanidine groups is 1. The lowest BCUT2D eigenvalue weighted by Crippen LogP contribution is -2.38. The first-order valence-electron chi connectivity index (χ1n) is 9.62. The number of alkyl halides is 3. The van der Waals surface area contributed by atoms with Gasteiger partial charge < -0.3 is 10.6 Å². The third-order valence-corrected chi connectivity index (χ3v) is 5.86. The van der Waals surface area contributed by atoms with Crippen LogP contribution < -0.4 is 10.6 Å². The van der Waals surface area contributed by atoms with Gasteiger partial charge in [-0.25, -0.2) is 13.4 Å². The molecule has 2 rings (SSSR count). The first kappa shape index (κ1) is 23.7. The minimum Gasteiger partial charge on any atom is -0.357 e. The van der Waals surface area contributed by atoms with Gasteiger partial charge in [-0.1, -0.05) is 42.5 Å². The van der Waals surface area contributed by atoms with E-state index in [0.717, 1.165) is 17.7 Å². The lowest BCUT2D eigenvalue weighted by molar-refractivity contribution is -0.137. The molecule has 0 unspecified atom stereocenters. The van der Waals surface area contributed by atoms with Crippen LogP contribution in [-0.4, -0.2) is 33.2 Å². The summed E-state index contributed by atoms with van der Waals surface area (Å²) >= 11 is 0. The Balaban J connectivity index is 1.87. The SMILES string of the molecule is CCNC(=NCc1cccc(C(F)(F)F)c1)NCCCS(=O)(=O)Cc1ccccc1. The van der Waals surface area contributed by atoms with Gasteiger partial charge in [-0.15, -0.1) is 0 Å². The summed E-state index contributed by atoms with van der Waals surface area (Å²) < 4.78 is 62.9. The molecular weight excluding hydrogens is 415 g/mol. The van der Waals surface area contributed by atoms with Crippen molar-refractivity contribution in [1.29, 1.82) is 0 Å². The average Bonchev–Trinajstić information content (AvgIpc) is 2.69. The van der Waals surface area contributed by atoms with Gasteiger partial charge in [-0.05, 0) is 36.6 Å². The first-order chi connectivity index (χ1) is 14.2. The van der Waals surface area contributed by atoms with Crippen molar-refractivity contribution in [3.8, 4) is 0 Å². The Morgan fingerprint density at radius 2 is 1.70 bits per heavy atom. The molecule has 164 valence electrons. The Morgan fingerprint density at radius 3 is 2.37 bits per heavy atom. The molecule has 30 heavy (non-hydrogen) atoms. The van der Waals surface area contributed by atoms with Gasteiger partial charge in [0.1, 0.15) is 0 Å². The van der Waals surface area contributed by atoms with Crippen LogP contribution in [0.1, 0.15) is 30.0 Å². The predicted octanol–water partition coefficient (Wildman–Crippen LogP) is 3.77. The Labute approximate surface area is 175 Å². The van der Waals surface area contributed by atoms with E-state index in [1.807, 2.05) is 13.0 Å². The van der Waals surface area contributed by atoms with Crippen molar-refractivity contribution in [3.05, 3.63) is 71.3 Å². The Morgan fingerprint density at radius 1 is 1.00 bits per heavy atom. The first-order valence-corrected chi connectivity index (χ1v) is 11.4. The molecule has 2 aromatic carbocycles. The summed E-state index contributed by atoms with van der Waals surface area (Å²) in [4.78, 5) is 4.29. The zero-order valence-corrected chi connectivity index (χ0v) is 17.6. The number of halogens is 3. The molecule has 0 aliphatic rings. The third-order valence-electron chi connectivity index (χ3n) is 4.17. The van der Waals surface area contributed by atoms with E-state index in [0.29, 0.717) is 31.0 Å². The van der Waals surface area contributed by atoms with Gasteiger partial charge >= 0.3 is 6.18 Å². The molecule has 0 atom stereocenters. The summed E-state index contributed by atoms with van der Waals surface area (Å²) in [6, 6.07) is 14.0. The Bertz CT molecular complexity index is 930. The van der Waals surface area contributed by atoms with Crippen LogP contribution >= 0.6 is 0 Å². The molecule has 0 fully saturated rings. The largest absolute Gasteiger partial charge is 0.416 e. The highest BCUT2D eigenvalue weighted by atomic mass is 32.2. The van der Waals surface area contributed by atoms with Crippen molar-refractivity contribution >= 4 is 15.8 Å². The number of rotatable bonds is 9. The van der Waals surface area contributed by atoms with Crippen molar-refractivity contribution < 1.29 is 21.6 Å². The van der Waals surface area contributed by atoms with E-state index in [1.54, 1.807) is 30.3 Å². The summed E-state index contributed by atoms with van der Waals surface area (Å²) in [5, 5.41) is 6.03. The van der Waals surface area contributed by atoms with Gasteiger partial charge in [0.2, 0.25) is 0 Å². The fraction of sp³-hybridized carbons (Fsp3) is 0.381. The van der Waals surface area contributed by atoms with Crippen LogP contribution in [0, 0.1) is 0 Å². The van der Waals surface area contributed by atoms with Crippen LogP contribution in [0.3, 0.4) is 0 Å². The van der Waals surface area contributed by atoms with Gasteiger partial charge in [0.15, 0.2) is 15.8 Å². The van der Waals surface area contributed by atoms with Gasteiger partial charge in [0.25, 0.3) is 0 Å². The van der Waals surface area contributed by atoms with Crippen LogP contribution in [-0.2, 0) is 28.3 Å². The summed E-state index contributed by atoms with van der Waals surface area (Å²) in [5.74, 6) is 0.454. The molecule has 0 aliphatic carbocycles. The predicted molar refractivity (Wildman–Crippen MR) is 113 cm³/mol. The van der Waals surface area contributed by atoms with Gasteiger partial charge in [-0.2, -0.15) is 13.2 Å². The van der Waals surface area contributed by atoms with Crippen LogP contribution in [0.4, 0.5) is 13.2 Å². The van der Waals surface area contributed by atoms with Crippen molar-refractivity contribution in [1.82, 2.24) is 10.6 Å². The highest BCUT2D eigenvalue weighted by molar-refractivity contribution is 7.90. The molecule has 2 aromatic rings. The lowest BCUT2D eigenvalue weighted by atomic mass is 10.1. The van der Waals surface area contributed by atoms with Gasteiger partial charge in [0, 0.05) is 13.1 Å². The standard InChI is InChI=1S/C21H26F3N3O2S/c1-2-25-20(27-15-18-10-6-11-19(14-18)21(22,23)24)26-12-7-13-30(28,29)16-17-8-4-3-5-9-17/h3-6,8-11,14H,2,7,12-13,15-16H2,1H3,(H2,25,26,27). The van der Waals surface area contributed by atoms with E-state index in [2.05, 4.69) is 15.6 Å². The van der Waals surface area contributed by atoms with E-state index in [9.17, 15) is 21.6 Å². The molecule has 0 amide bonds. The van der Waals surface area contributed by atoms with E-state index in [-0.39, 0.29) is 18.1 Å². The third kappa shape index (κ3) is 8.44.